The molecule has 0 aromatic carbocycles. The van der Waals surface area contributed by atoms with E-state index >= 15 is 0 Å². The molecule has 0 radical (unpaired) electrons. The standard InChI is InChI=1S/C11H14N8/c1-18-10-8(6-15-18)9(12)16-11(17-10)14-3-5-19-4-2-13-7-19/h2,4,6-7H,3,5H2,1H3,(H3,12,14,16,17). The highest BCUT2D eigenvalue weighted by molar-refractivity contribution is 5.86. The summed E-state index contributed by atoms with van der Waals surface area (Å²) in [6.45, 7) is 1.48. The van der Waals surface area contributed by atoms with E-state index in [1.165, 1.54) is 0 Å². The molecule has 3 rings (SSSR count). The summed E-state index contributed by atoms with van der Waals surface area (Å²) in [7, 11) is 1.82. The van der Waals surface area contributed by atoms with Gasteiger partial charge in [0.15, 0.2) is 5.65 Å². The van der Waals surface area contributed by atoms with Crippen LogP contribution >= 0.6 is 0 Å². The van der Waals surface area contributed by atoms with E-state index in [4.69, 9.17) is 5.73 Å². The van der Waals surface area contributed by atoms with Crippen LogP contribution in [0.4, 0.5) is 11.8 Å². The molecular formula is C11H14N8. The van der Waals surface area contributed by atoms with Crippen molar-refractivity contribution < 1.29 is 0 Å². The highest BCUT2D eigenvalue weighted by atomic mass is 15.3. The summed E-state index contributed by atoms with van der Waals surface area (Å²) in [5.41, 5.74) is 6.60. The van der Waals surface area contributed by atoms with Crippen LogP contribution in [-0.2, 0) is 13.6 Å². The Kier molecular flexibility index (Phi) is 2.75. The van der Waals surface area contributed by atoms with Crippen molar-refractivity contribution in [2.24, 2.45) is 7.05 Å². The van der Waals surface area contributed by atoms with E-state index in [1.54, 1.807) is 23.4 Å². The van der Waals surface area contributed by atoms with E-state index in [0.29, 0.717) is 18.3 Å². The fourth-order valence-electron chi connectivity index (χ4n) is 1.84. The molecule has 0 unspecified atom stereocenters. The summed E-state index contributed by atoms with van der Waals surface area (Å²) in [6.07, 6.45) is 7.08. The van der Waals surface area contributed by atoms with Crippen LogP contribution in [0.2, 0.25) is 0 Å². The highest BCUT2D eigenvalue weighted by Gasteiger charge is 2.08. The molecule has 19 heavy (non-hydrogen) atoms. The lowest BCUT2D eigenvalue weighted by Crippen LogP contribution is -2.12. The number of rotatable bonds is 4. The lowest BCUT2D eigenvalue weighted by atomic mass is 10.4. The Labute approximate surface area is 109 Å². The Hall–Kier alpha value is -2.64. The first-order chi connectivity index (χ1) is 9.24. The smallest absolute Gasteiger partial charge is 0.226 e. The van der Waals surface area contributed by atoms with Crippen LogP contribution < -0.4 is 11.1 Å². The van der Waals surface area contributed by atoms with Gasteiger partial charge in [0.25, 0.3) is 0 Å². The van der Waals surface area contributed by atoms with Gasteiger partial charge >= 0.3 is 0 Å². The van der Waals surface area contributed by atoms with Crippen LogP contribution in [0.15, 0.2) is 24.9 Å². The minimum Gasteiger partial charge on any atom is -0.383 e. The Morgan fingerprint density at radius 3 is 3.05 bits per heavy atom. The zero-order chi connectivity index (χ0) is 13.2. The predicted octanol–water partition coefficient (Wildman–Crippen LogP) is 0.254. The van der Waals surface area contributed by atoms with Crippen molar-refractivity contribution >= 4 is 22.8 Å². The maximum absolute atomic E-state index is 5.88. The van der Waals surface area contributed by atoms with Crippen molar-refractivity contribution in [3.8, 4) is 0 Å². The third-order valence-electron chi connectivity index (χ3n) is 2.83. The van der Waals surface area contributed by atoms with E-state index in [1.807, 2.05) is 17.8 Å². The molecule has 8 heteroatoms. The molecule has 3 aromatic rings. The van der Waals surface area contributed by atoms with Crippen LogP contribution in [-0.4, -0.2) is 35.8 Å². The number of fused-ring (bicyclic) bond motifs is 1. The number of hydrogen-bond donors (Lipinski definition) is 2. The number of aryl methyl sites for hydroxylation is 1. The largest absolute Gasteiger partial charge is 0.383 e. The fourth-order valence-corrected chi connectivity index (χ4v) is 1.84. The summed E-state index contributed by atoms with van der Waals surface area (Å²) in [5.74, 6) is 0.942. The third-order valence-corrected chi connectivity index (χ3v) is 2.83. The first kappa shape index (κ1) is 11.5. The van der Waals surface area contributed by atoms with E-state index in [2.05, 4.69) is 25.4 Å². The summed E-state index contributed by atoms with van der Waals surface area (Å²) >= 11 is 0. The van der Waals surface area contributed by atoms with Gasteiger partial charge in [0, 0.05) is 32.5 Å². The Morgan fingerprint density at radius 2 is 2.26 bits per heavy atom. The number of imidazole rings is 1. The third kappa shape index (κ3) is 2.19. The van der Waals surface area contributed by atoms with Crippen LogP contribution in [0, 0.1) is 0 Å². The minimum atomic E-state index is 0.434. The van der Waals surface area contributed by atoms with E-state index in [-0.39, 0.29) is 0 Å². The average Bonchev–Trinajstić information content (AvgIpc) is 3.01. The van der Waals surface area contributed by atoms with E-state index < -0.39 is 0 Å². The van der Waals surface area contributed by atoms with Gasteiger partial charge in [0.1, 0.15) is 5.82 Å². The van der Waals surface area contributed by atoms with Crippen molar-refractivity contribution in [3.63, 3.8) is 0 Å². The molecule has 98 valence electrons. The number of anilines is 2. The number of nitrogen functional groups attached to an aromatic ring is 1. The highest BCUT2D eigenvalue weighted by Crippen LogP contribution is 2.17. The molecule has 0 saturated heterocycles. The number of hydrogen-bond acceptors (Lipinski definition) is 6. The average molecular weight is 258 g/mol. The zero-order valence-electron chi connectivity index (χ0n) is 10.5. The van der Waals surface area contributed by atoms with Gasteiger partial charge in [-0.2, -0.15) is 15.1 Å². The summed E-state index contributed by atoms with van der Waals surface area (Å²) in [4.78, 5) is 12.6. The molecule has 0 aliphatic heterocycles. The molecule has 8 nitrogen and oxygen atoms in total. The summed E-state index contributed by atoms with van der Waals surface area (Å²) in [6, 6.07) is 0. The molecule has 0 spiro atoms. The van der Waals surface area contributed by atoms with Crippen molar-refractivity contribution in [2.45, 2.75) is 6.54 Å². The number of nitrogens with one attached hydrogen (secondary N) is 1. The second kappa shape index (κ2) is 4.56. The lowest BCUT2D eigenvalue weighted by molar-refractivity contribution is 0.723. The van der Waals surface area contributed by atoms with Gasteiger partial charge in [-0.05, 0) is 0 Å². The topological polar surface area (TPSA) is 99.5 Å². The first-order valence-corrected chi connectivity index (χ1v) is 5.89. The molecule has 3 N–H and O–H groups in total. The summed E-state index contributed by atoms with van der Waals surface area (Å²) < 4.78 is 3.65. The molecule has 0 aliphatic rings. The van der Waals surface area contributed by atoms with Crippen molar-refractivity contribution in [1.82, 2.24) is 29.3 Å². The lowest BCUT2D eigenvalue weighted by Gasteiger charge is -2.06. The molecule has 0 saturated carbocycles. The molecule has 0 aliphatic carbocycles. The second-order valence-electron chi connectivity index (χ2n) is 4.17. The Balaban J connectivity index is 1.75. The number of nitrogens with zero attached hydrogens (tertiary/aromatic N) is 6. The van der Waals surface area contributed by atoms with Crippen LogP contribution in [0.5, 0.6) is 0 Å². The number of aromatic nitrogens is 6. The maximum Gasteiger partial charge on any atom is 0.226 e. The maximum atomic E-state index is 5.88. The van der Waals surface area contributed by atoms with Gasteiger partial charge in [0.2, 0.25) is 5.95 Å². The van der Waals surface area contributed by atoms with Crippen molar-refractivity contribution in [2.75, 3.05) is 17.6 Å². The normalized spacial score (nSPS) is 11.0. The van der Waals surface area contributed by atoms with Crippen molar-refractivity contribution in [3.05, 3.63) is 24.9 Å². The molecule has 3 heterocycles. The van der Waals surface area contributed by atoms with Crippen LogP contribution in [0.25, 0.3) is 11.0 Å². The van der Waals surface area contributed by atoms with E-state index in [0.717, 1.165) is 17.6 Å². The van der Waals surface area contributed by atoms with Gasteiger partial charge in [-0.3, -0.25) is 4.68 Å². The molecule has 3 aromatic heterocycles. The van der Waals surface area contributed by atoms with E-state index in [9.17, 15) is 0 Å². The monoisotopic (exact) mass is 258 g/mol. The molecule has 0 atom stereocenters. The second-order valence-corrected chi connectivity index (χ2v) is 4.17. The molecule has 0 fully saturated rings. The fraction of sp³-hybridized carbons (Fsp3) is 0.273. The first-order valence-electron chi connectivity index (χ1n) is 5.89. The van der Waals surface area contributed by atoms with Gasteiger partial charge < -0.3 is 15.6 Å². The Morgan fingerprint density at radius 1 is 1.37 bits per heavy atom. The van der Waals surface area contributed by atoms with Crippen LogP contribution in [0.3, 0.4) is 0 Å². The minimum absolute atomic E-state index is 0.434. The molecule has 0 bridgehead atoms. The van der Waals surface area contributed by atoms with Gasteiger partial charge in [0.05, 0.1) is 17.9 Å². The predicted molar refractivity (Wildman–Crippen MR) is 71.4 cm³/mol. The summed E-state index contributed by atoms with van der Waals surface area (Å²) in [5, 5.41) is 8.02. The van der Waals surface area contributed by atoms with Crippen LogP contribution in [0.1, 0.15) is 0 Å². The van der Waals surface area contributed by atoms with Crippen molar-refractivity contribution in [1.29, 1.82) is 0 Å². The quantitative estimate of drug-likeness (QED) is 0.696. The number of nitrogens with two attached hydrogens (primary N) is 1. The Bertz CT molecular complexity index is 684. The van der Waals surface area contributed by atoms with Gasteiger partial charge in [-0.1, -0.05) is 0 Å². The molecule has 0 amide bonds. The molecular weight excluding hydrogens is 244 g/mol. The zero-order valence-corrected chi connectivity index (χ0v) is 10.5. The van der Waals surface area contributed by atoms with Gasteiger partial charge in [-0.25, -0.2) is 4.98 Å². The SMILES string of the molecule is Cn1ncc2c(N)nc(NCCn3ccnc3)nc21. The van der Waals surface area contributed by atoms with Gasteiger partial charge in [-0.15, -0.1) is 0 Å².